The van der Waals surface area contributed by atoms with Crippen LogP contribution in [0, 0.1) is 0 Å². The Hall–Kier alpha value is -1.91. The molecule has 3 nitrogen and oxygen atoms in total. The van der Waals surface area contributed by atoms with Crippen molar-refractivity contribution in [2.24, 2.45) is 0 Å². The van der Waals surface area contributed by atoms with E-state index < -0.39 is 0 Å². The molecule has 1 saturated heterocycles. The van der Waals surface area contributed by atoms with Gasteiger partial charge < -0.3 is 15.1 Å². The summed E-state index contributed by atoms with van der Waals surface area (Å²) in [5.74, 6) is 0. The average Bonchev–Trinajstić information content (AvgIpc) is 2.69. The molecule has 0 unspecified atom stereocenters. The lowest BCUT2D eigenvalue weighted by molar-refractivity contribution is -0.917. The quantitative estimate of drug-likeness (QED) is 0.765. The van der Waals surface area contributed by atoms with E-state index in [0.29, 0.717) is 0 Å². The van der Waals surface area contributed by atoms with Gasteiger partial charge in [-0.3, -0.25) is 0 Å². The van der Waals surface area contributed by atoms with E-state index in [2.05, 4.69) is 71.7 Å². The monoisotopic (exact) mass is 368 g/mol. The summed E-state index contributed by atoms with van der Waals surface area (Å²) in [5, 5.41) is 4.26. The van der Waals surface area contributed by atoms with E-state index in [1.54, 1.807) is 4.90 Å². The first-order valence-electron chi connectivity index (χ1n) is 9.77. The van der Waals surface area contributed by atoms with Gasteiger partial charge in [-0.2, -0.15) is 0 Å². The fraction of sp³-hybridized carbons (Fsp3) is 0.409. The van der Waals surface area contributed by atoms with Gasteiger partial charge in [0.05, 0.1) is 26.2 Å². The zero-order valence-corrected chi connectivity index (χ0v) is 16.5. The molecule has 0 spiro atoms. The van der Waals surface area contributed by atoms with Crippen LogP contribution in [0.5, 0.6) is 0 Å². The van der Waals surface area contributed by atoms with Gasteiger partial charge in [-0.1, -0.05) is 55.8 Å². The maximum atomic E-state index is 5.63. The highest BCUT2D eigenvalue weighted by Crippen LogP contribution is 2.12. The molecule has 0 aromatic heterocycles. The zero-order chi connectivity index (χ0) is 18.2. The number of aryl methyl sites for hydroxylation is 1. The van der Waals surface area contributed by atoms with Crippen molar-refractivity contribution in [2.45, 2.75) is 32.7 Å². The number of nitrogens with one attached hydrogen (secondary N) is 2. The summed E-state index contributed by atoms with van der Waals surface area (Å²) in [5.41, 5.74) is 3.91. The van der Waals surface area contributed by atoms with Crippen LogP contribution in [0.25, 0.3) is 0 Å². The standard InChI is InChI=1S/C22H29N3S/c1-2-3-7-19-10-12-21(13-11-19)23-22(26)25-16-14-24(15-17-25)18-20-8-5-4-6-9-20/h4-6,8-13H,2-3,7,14-18H2,1H3,(H,23,26)/p+1. The van der Waals surface area contributed by atoms with Crippen LogP contribution in [0.2, 0.25) is 0 Å². The molecule has 1 aliphatic heterocycles. The molecule has 0 amide bonds. The van der Waals surface area contributed by atoms with E-state index in [-0.39, 0.29) is 0 Å². The lowest BCUT2D eigenvalue weighted by atomic mass is 10.1. The van der Waals surface area contributed by atoms with E-state index in [4.69, 9.17) is 12.2 Å². The zero-order valence-electron chi connectivity index (χ0n) is 15.7. The van der Waals surface area contributed by atoms with Crippen LogP contribution >= 0.6 is 12.2 Å². The molecular formula is C22H30N3S+. The van der Waals surface area contributed by atoms with Gasteiger partial charge in [0.15, 0.2) is 5.11 Å². The van der Waals surface area contributed by atoms with Gasteiger partial charge in [0.1, 0.15) is 6.54 Å². The molecule has 1 heterocycles. The van der Waals surface area contributed by atoms with E-state index >= 15 is 0 Å². The first-order valence-corrected chi connectivity index (χ1v) is 10.2. The average molecular weight is 369 g/mol. The number of quaternary nitrogens is 1. The lowest BCUT2D eigenvalue weighted by Crippen LogP contribution is -3.13. The van der Waals surface area contributed by atoms with Gasteiger partial charge in [-0.25, -0.2) is 0 Å². The molecule has 26 heavy (non-hydrogen) atoms. The summed E-state index contributed by atoms with van der Waals surface area (Å²) in [6.07, 6.45) is 3.65. The van der Waals surface area contributed by atoms with Crippen LogP contribution in [0.4, 0.5) is 5.69 Å². The van der Waals surface area contributed by atoms with Gasteiger partial charge in [0, 0.05) is 11.3 Å². The second-order valence-corrected chi connectivity index (χ2v) is 7.52. The van der Waals surface area contributed by atoms with Gasteiger partial charge >= 0.3 is 0 Å². The summed E-state index contributed by atoms with van der Waals surface area (Å²) in [4.78, 5) is 3.94. The van der Waals surface area contributed by atoms with Crippen molar-refractivity contribution >= 4 is 23.0 Å². The Balaban J connectivity index is 1.44. The summed E-state index contributed by atoms with van der Waals surface area (Å²) in [7, 11) is 0. The number of unbranched alkanes of at least 4 members (excludes halogenated alkanes) is 1. The Kier molecular flexibility index (Phi) is 7.04. The minimum Gasteiger partial charge on any atom is -0.338 e. The van der Waals surface area contributed by atoms with Crippen LogP contribution in [0.3, 0.4) is 0 Å². The molecule has 1 aliphatic rings. The molecule has 2 aromatic carbocycles. The molecule has 0 saturated carbocycles. The minimum atomic E-state index is 0.852. The summed E-state index contributed by atoms with van der Waals surface area (Å²) >= 11 is 5.63. The number of benzene rings is 2. The highest BCUT2D eigenvalue weighted by Gasteiger charge is 2.21. The fourth-order valence-corrected chi connectivity index (χ4v) is 3.73. The van der Waals surface area contributed by atoms with Gasteiger partial charge in [-0.05, 0) is 42.8 Å². The van der Waals surface area contributed by atoms with E-state index in [9.17, 15) is 0 Å². The van der Waals surface area contributed by atoms with Crippen LogP contribution in [-0.4, -0.2) is 36.2 Å². The Labute approximate surface area is 163 Å². The van der Waals surface area contributed by atoms with Crippen molar-refractivity contribution < 1.29 is 4.90 Å². The molecule has 138 valence electrons. The van der Waals surface area contributed by atoms with Crippen molar-refractivity contribution in [1.29, 1.82) is 0 Å². The summed E-state index contributed by atoms with van der Waals surface area (Å²) < 4.78 is 0. The van der Waals surface area contributed by atoms with Crippen LogP contribution in [0.1, 0.15) is 30.9 Å². The van der Waals surface area contributed by atoms with Crippen LogP contribution in [0.15, 0.2) is 54.6 Å². The first kappa shape index (κ1) is 18.9. The third-order valence-corrected chi connectivity index (χ3v) is 5.44. The normalized spacial score (nSPS) is 15.0. The van der Waals surface area contributed by atoms with Crippen molar-refractivity contribution in [1.82, 2.24) is 4.90 Å². The minimum absolute atomic E-state index is 0.852. The van der Waals surface area contributed by atoms with Gasteiger partial charge in [0.2, 0.25) is 0 Å². The number of thiocarbonyl (C=S) groups is 1. The van der Waals surface area contributed by atoms with Crippen LogP contribution in [-0.2, 0) is 13.0 Å². The van der Waals surface area contributed by atoms with Crippen molar-refractivity contribution in [3.8, 4) is 0 Å². The summed E-state index contributed by atoms with van der Waals surface area (Å²) in [6.45, 7) is 7.63. The molecule has 0 atom stereocenters. The van der Waals surface area contributed by atoms with Gasteiger partial charge in [0.25, 0.3) is 0 Å². The SMILES string of the molecule is CCCCc1ccc(NC(=S)N2CC[NH+](Cc3ccccc3)CC2)cc1. The molecular weight excluding hydrogens is 338 g/mol. The predicted molar refractivity (Wildman–Crippen MR) is 114 cm³/mol. The van der Waals surface area contributed by atoms with Crippen molar-refractivity contribution in [3.05, 3.63) is 65.7 Å². The molecule has 3 rings (SSSR count). The second-order valence-electron chi connectivity index (χ2n) is 7.13. The lowest BCUT2D eigenvalue weighted by Gasteiger charge is -2.34. The predicted octanol–water partition coefficient (Wildman–Crippen LogP) is 3.13. The topological polar surface area (TPSA) is 19.7 Å². The molecule has 1 fully saturated rings. The number of hydrogen-bond acceptors (Lipinski definition) is 1. The van der Waals surface area contributed by atoms with Crippen molar-refractivity contribution in [2.75, 3.05) is 31.5 Å². The van der Waals surface area contributed by atoms with Crippen LogP contribution < -0.4 is 10.2 Å². The fourth-order valence-electron chi connectivity index (χ4n) is 3.43. The maximum absolute atomic E-state index is 5.63. The Morgan fingerprint density at radius 3 is 2.35 bits per heavy atom. The Bertz CT molecular complexity index is 676. The number of nitrogens with zero attached hydrogens (tertiary/aromatic N) is 1. The van der Waals surface area contributed by atoms with E-state index in [1.807, 2.05) is 0 Å². The third kappa shape index (κ3) is 5.55. The number of rotatable bonds is 6. The van der Waals surface area contributed by atoms with E-state index in [1.165, 1.54) is 24.0 Å². The number of hydrogen-bond donors (Lipinski definition) is 2. The highest BCUT2D eigenvalue weighted by molar-refractivity contribution is 7.80. The number of anilines is 1. The highest BCUT2D eigenvalue weighted by atomic mass is 32.1. The molecule has 0 aliphatic carbocycles. The van der Waals surface area contributed by atoms with Gasteiger partial charge in [-0.15, -0.1) is 0 Å². The van der Waals surface area contributed by atoms with Crippen molar-refractivity contribution in [3.63, 3.8) is 0 Å². The first-order chi connectivity index (χ1) is 12.7. The Morgan fingerprint density at radius 2 is 1.69 bits per heavy atom. The largest absolute Gasteiger partial charge is 0.338 e. The second kappa shape index (κ2) is 9.70. The Morgan fingerprint density at radius 1 is 1.00 bits per heavy atom. The molecule has 4 heteroatoms. The summed E-state index contributed by atoms with van der Waals surface area (Å²) in [6, 6.07) is 19.5. The molecule has 2 aromatic rings. The molecule has 0 bridgehead atoms. The maximum Gasteiger partial charge on any atom is 0.173 e. The number of piperazine rings is 1. The molecule has 2 N–H and O–H groups in total. The molecule has 0 radical (unpaired) electrons. The smallest absolute Gasteiger partial charge is 0.173 e. The third-order valence-electron chi connectivity index (χ3n) is 5.08. The van der Waals surface area contributed by atoms with E-state index in [0.717, 1.165) is 49.9 Å².